The maximum absolute atomic E-state index is 12.1. The van der Waals surface area contributed by atoms with E-state index in [1.54, 1.807) is 4.90 Å². The Labute approximate surface area is 101 Å². The number of nitrogens with two attached hydrogens (primary N) is 1. The molecule has 1 fully saturated rings. The first-order chi connectivity index (χ1) is 7.52. The summed E-state index contributed by atoms with van der Waals surface area (Å²) in [5.41, 5.74) is 5.46. The molecular weight excluding hydrogens is 228 g/mol. The third kappa shape index (κ3) is 3.70. The molecule has 0 bridgehead atoms. The highest BCUT2D eigenvalue weighted by Gasteiger charge is 2.29. The van der Waals surface area contributed by atoms with E-state index in [0.717, 1.165) is 0 Å². The van der Waals surface area contributed by atoms with Crippen LogP contribution < -0.4 is 5.73 Å². The van der Waals surface area contributed by atoms with Crippen molar-refractivity contribution >= 4 is 23.1 Å². The summed E-state index contributed by atoms with van der Waals surface area (Å²) in [6, 6.07) is 0.0412. The molecule has 0 aliphatic carbocycles. The maximum Gasteiger partial charge on any atom is 0.254 e. The van der Waals surface area contributed by atoms with E-state index < -0.39 is 6.10 Å². The summed E-state index contributed by atoms with van der Waals surface area (Å²) >= 11 is 4.82. The van der Waals surface area contributed by atoms with Gasteiger partial charge in [0.1, 0.15) is 0 Å². The number of carbonyl (C=O) groups is 1. The van der Waals surface area contributed by atoms with Crippen LogP contribution in [0, 0.1) is 0 Å². The van der Waals surface area contributed by atoms with Crippen molar-refractivity contribution in [3.05, 3.63) is 0 Å². The van der Waals surface area contributed by atoms with E-state index >= 15 is 0 Å². The zero-order valence-electron chi connectivity index (χ0n) is 9.64. The lowest BCUT2D eigenvalue weighted by Crippen LogP contribution is -2.50. The molecule has 1 heterocycles. The fourth-order valence-electron chi connectivity index (χ4n) is 1.50. The van der Waals surface area contributed by atoms with E-state index in [1.807, 2.05) is 13.8 Å². The molecule has 1 rings (SSSR count). The molecule has 1 atom stereocenters. The third-order valence-corrected chi connectivity index (χ3v) is 2.45. The van der Waals surface area contributed by atoms with Gasteiger partial charge in [-0.15, -0.1) is 0 Å². The minimum Gasteiger partial charge on any atom is -0.392 e. The van der Waals surface area contributed by atoms with E-state index in [2.05, 4.69) is 0 Å². The van der Waals surface area contributed by atoms with Crippen LogP contribution in [0.25, 0.3) is 0 Å². The minimum absolute atomic E-state index is 0.0412. The van der Waals surface area contributed by atoms with Crippen LogP contribution in [0.4, 0.5) is 0 Å². The Balaban J connectivity index is 2.61. The van der Waals surface area contributed by atoms with E-state index in [0.29, 0.717) is 24.8 Å². The molecule has 92 valence electrons. The summed E-state index contributed by atoms with van der Waals surface area (Å²) in [5, 5.41) is 0. The SMILES string of the molecule is CC(C)N(CC(N)=S)C(=O)C1COCCO1. The van der Waals surface area contributed by atoms with Gasteiger partial charge < -0.3 is 20.1 Å². The van der Waals surface area contributed by atoms with Crippen molar-refractivity contribution in [2.75, 3.05) is 26.4 Å². The Morgan fingerprint density at radius 1 is 1.56 bits per heavy atom. The molecule has 16 heavy (non-hydrogen) atoms. The number of amides is 1. The standard InChI is InChI=1S/C10H18N2O3S/c1-7(2)12(5-9(11)16)10(13)8-6-14-3-4-15-8/h7-8H,3-6H2,1-2H3,(H2,11,16). The largest absolute Gasteiger partial charge is 0.392 e. The smallest absolute Gasteiger partial charge is 0.254 e. The first-order valence-corrected chi connectivity index (χ1v) is 5.71. The molecule has 0 aromatic rings. The number of hydrogen-bond donors (Lipinski definition) is 1. The van der Waals surface area contributed by atoms with E-state index in [4.69, 9.17) is 27.4 Å². The highest BCUT2D eigenvalue weighted by molar-refractivity contribution is 7.80. The normalized spacial score (nSPS) is 20.8. The first kappa shape index (κ1) is 13.3. The van der Waals surface area contributed by atoms with E-state index in [9.17, 15) is 4.79 Å². The summed E-state index contributed by atoms with van der Waals surface area (Å²) < 4.78 is 10.6. The van der Waals surface area contributed by atoms with Crippen LogP contribution in [0.15, 0.2) is 0 Å². The molecule has 0 saturated carbocycles. The van der Waals surface area contributed by atoms with Gasteiger partial charge in [0.2, 0.25) is 0 Å². The highest BCUT2D eigenvalue weighted by Crippen LogP contribution is 2.08. The average molecular weight is 246 g/mol. The van der Waals surface area contributed by atoms with Crippen molar-refractivity contribution in [3.63, 3.8) is 0 Å². The molecule has 2 N–H and O–H groups in total. The van der Waals surface area contributed by atoms with Gasteiger partial charge in [-0.3, -0.25) is 4.79 Å². The van der Waals surface area contributed by atoms with Crippen LogP contribution in [-0.4, -0.2) is 54.3 Å². The number of nitrogens with zero attached hydrogens (tertiary/aromatic N) is 1. The molecule has 0 radical (unpaired) electrons. The Kier molecular flexibility index (Phi) is 5.11. The summed E-state index contributed by atoms with van der Waals surface area (Å²) in [6.45, 7) is 5.42. The minimum atomic E-state index is -0.523. The predicted octanol–water partition coefficient (Wildman–Crippen LogP) is -0.0751. The van der Waals surface area contributed by atoms with Gasteiger partial charge >= 0.3 is 0 Å². The third-order valence-electron chi connectivity index (χ3n) is 2.32. The second-order valence-electron chi connectivity index (χ2n) is 3.96. The van der Waals surface area contributed by atoms with Crippen LogP contribution >= 0.6 is 12.2 Å². The van der Waals surface area contributed by atoms with Gasteiger partial charge in [0.15, 0.2) is 6.10 Å². The molecule has 1 saturated heterocycles. The van der Waals surface area contributed by atoms with Gasteiger partial charge in [0.05, 0.1) is 31.4 Å². The molecular formula is C10H18N2O3S. The van der Waals surface area contributed by atoms with E-state index in [-0.39, 0.29) is 18.5 Å². The fraction of sp³-hybridized carbons (Fsp3) is 0.800. The van der Waals surface area contributed by atoms with Crippen molar-refractivity contribution in [3.8, 4) is 0 Å². The molecule has 0 aromatic heterocycles. The second-order valence-corrected chi connectivity index (χ2v) is 4.48. The Hall–Kier alpha value is -0.720. The molecule has 6 heteroatoms. The van der Waals surface area contributed by atoms with Crippen molar-refractivity contribution in [1.29, 1.82) is 0 Å². The van der Waals surface area contributed by atoms with E-state index in [1.165, 1.54) is 0 Å². The van der Waals surface area contributed by atoms with Crippen LogP contribution in [0.5, 0.6) is 0 Å². The van der Waals surface area contributed by atoms with Crippen LogP contribution in [-0.2, 0) is 14.3 Å². The van der Waals surface area contributed by atoms with Crippen LogP contribution in [0.3, 0.4) is 0 Å². The monoisotopic (exact) mass is 246 g/mol. The average Bonchev–Trinajstić information content (AvgIpc) is 2.25. The van der Waals surface area contributed by atoms with Crippen LogP contribution in [0.1, 0.15) is 13.8 Å². The zero-order valence-corrected chi connectivity index (χ0v) is 10.5. The summed E-state index contributed by atoms with van der Waals surface area (Å²) in [7, 11) is 0. The Morgan fingerprint density at radius 3 is 2.69 bits per heavy atom. The summed E-state index contributed by atoms with van der Waals surface area (Å²) in [6.07, 6.45) is -0.523. The summed E-state index contributed by atoms with van der Waals surface area (Å²) in [5.74, 6) is -0.109. The number of thiocarbonyl (C=S) groups is 1. The molecule has 1 amide bonds. The lowest BCUT2D eigenvalue weighted by atomic mass is 10.2. The Bertz CT molecular complexity index is 265. The molecule has 1 aliphatic rings. The molecule has 1 unspecified atom stereocenters. The number of ether oxygens (including phenoxy) is 2. The summed E-state index contributed by atoms with van der Waals surface area (Å²) in [4.78, 5) is 14.0. The lowest BCUT2D eigenvalue weighted by Gasteiger charge is -2.31. The van der Waals surface area contributed by atoms with Crippen molar-refractivity contribution in [2.45, 2.75) is 26.0 Å². The quantitative estimate of drug-likeness (QED) is 0.703. The topological polar surface area (TPSA) is 64.8 Å². The molecule has 5 nitrogen and oxygen atoms in total. The lowest BCUT2D eigenvalue weighted by molar-refractivity contribution is -0.158. The van der Waals surface area contributed by atoms with Crippen molar-refractivity contribution in [2.24, 2.45) is 5.73 Å². The first-order valence-electron chi connectivity index (χ1n) is 5.30. The van der Waals surface area contributed by atoms with Gasteiger partial charge in [0, 0.05) is 6.04 Å². The molecule has 0 aromatic carbocycles. The number of rotatable bonds is 4. The van der Waals surface area contributed by atoms with Gasteiger partial charge in [-0.05, 0) is 13.8 Å². The fourth-order valence-corrected chi connectivity index (χ4v) is 1.64. The highest BCUT2D eigenvalue weighted by atomic mass is 32.1. The van der Waals surface area contributed by atoms with Gasteiger partial charge in [-0.1, -0.05) is 12.2 Å². The number of hydrogen-bond acceptors (Lipinski definition) is 4. The van der Waals surface area contributed by atoms with Gasteiger partial charge in [0.25, 0.3) is 5.91 Å². The maximum atomic E-state index is 12.1. The predicted molar refractivity (Wildman–Crippen MR) is 64.2 cm³/mol. The van der Waals surface area contributed by atoms with Crippen LogP contribution in [0.2, 0.25) is 0 Å². The zero-order chi connectivity index (χ0) is 12.1. The van der Waals surface area contributed by atoms with Crippen molar-refractivity contribution in [1.82, 2.24) is 4.90 Å². The molecule has 1 aliphatic heterocycles. The Morgan fingerprint density at radius 2 is 2.25 bits per heavy atom. The van der Waals surface area contributed by atoms with Crippen molar-refractivity contribution < 1.29 is 14.3 Å². The van der Waals surface area contributed by atoms with Gasteiger partial charge in [-0.25, -0.2) is 0 Å². The second kappa shape index (κ2) is 6.12. The molecule has 0 spiro atoms. The number of carbonyl (C=O) groups excluding carboxylic acids is 1. The van der Waals surface area contributed by atoms with Gasteiger partial charge in [-0.2, -0.15) is 0 Å².